The van der Waals surface area contributed by atoms with E-state index in [4.69, 9.17) is 0 Å². The lowest BCUT2D eigenvalue weighted by Gasteiger charge is -2.16. The van der Waals surface area contributed by atoms with Crippen molar-refractivity contribution in [2.75, 3.05) is 0 Å². The predicted octanol–water partition coefficient (Wildman–Crippen LogP) is 10.9. The van der Waals surface area contributed by atoms with Crippen LogP contribution in [0.5, 0.6) is 0 Å². The van der Waals surface area contributed by atoms with Gasteiger partial charge in [-0.3, -0.25) is 0 Å². The molecule has 0 saturated carbocycles. The first-order valence-electron chi connectivity index (χ1n) is 14.7. The van der Waals surface area contributed by atoms with E-state index in [2.05, 4.69) is 150 Å². The fourth-order valence-electron chi connectivity index (χ4n) is 6.06. The highest BCUT2D eigenvalue weighted by molar-refractivity contribution is 6.10. The molecule has 43 heavy (non-hydrogen) atoms. The Bertz CT molecular complexity index is 2140. The Balaban J connectivity index is 1.32. The van der Waals surface area contributed by atoms with Crippen LogP contribution in [0.25, 0.3) is 44.2 Å². The predicted molar refractivity (Wildman–Crippen MR) is 183 cm³/mol. The first-order valence-corrected chi connectivity index (χ1v) is 14.7. The summed E-state index contributed by atoms with van der Waals surface area (Å²) in [7, 11) is 0. The molecule has 204 valence electrons. The Morgan fingerprint density at radius 2 is 1.49 bits per heavy atom. The van der Waals surface area contributed by atoms with Crippen LogP contribution >= 0.6 is 0 Å². The van der Waals surface area contributed by atoms with Gasteiger partial charge in [0.2, 0.25) is 0 Å². The molecule has 0 radical (unpaired) electrons. The van der Waals surface area contributed by atoms with Gasteiger partial charge in [-0.1, -0.05) is 103 Å². The van der Waals surface area contributed by atoms with Crippen molar-refractivity contribution in [3.05, 3.63) is 192 Å². The maximum absolute atomic E-state index is 4.13. The van der Waals surface area contributed by atoms with Gasteiger partial charge in [0.05, 0.1) is 11.0 Å². The van der Waals surface area contributed by atoms with E-state index in [1.54, 1.807) is 0 Å². The van der Waals surface area contributed by atoms with Crippen LogP contribution in [-0.2, 0) is 0 Å². The van der Waals surface area contributed by atoms with Gasteiger partial charge in [0.15, 0.2) is 0 Å². The number of fused-ring (bicyclic) bond motifs is 3. The zero-order valence-corrected chi connectivity index (χ0v) is 24.2. The van der Waals surface area contributed by atoms with Gasteiger partial charge in [-0.05, 0) is 83.3 Å². The summed E-state index contributed by atoms with van der Waals surface area (Å²) in [5, 5.41) is 2.51. The quantitative estimate of drug-likeness (QED) is 0.152. The topological polar surface area (TPSA) is 4.93 Å². The molecule has 1 heteroatoms. The minimum absolute atomic E-state index is 0.0857. The van der Waals surface area contributed by atoms with Gasteiger partial charge < -0.3 is 4.57 Å². The maximum Gasteiger partial charge on any atom is 0.0541 e. The van der Waals surface area contributed by atoms with Gasteiger partial charge in [-0.15, -0.1) is 18.0 Å². The summed E-state index contributed by atoms with van der Waals surface area (Å²) in [6.07, 6.45) is 18.8. The molecule has 4 aromatic carbocycles. The number of aromatic nitrogens is 1. The van der Waals surface area contributed by atoms with Gasteiger partial charge >= 0.3 is 0 Å². The maximum atomic E-state index is 4.13. The molecule has 2 aliphatic rings. The number of rotatable bonds is 5. The molecule has 0 amide bonds. The summed E-state index contributed by atoms with van der Waals surface area (Å²) in [6.45, 7) is 6.18. The molecule has 1 unspecified atom stereocenters. The van der Waals surface area contributed by atoms with Crippen molar-refractivity contribution < 1.29 is 0 Å². The molecule has 1 aromatic heterocycles. The van der Waals surface area contributed by atoms with Crippen molar-refractivity contribution in [3.63, 3.8) is 0 Å². The van der Waals surface area contributed by atoms with E-state index in [1.807, 2.05) is 31.2 Å². The van der Waals surface area contributed by atoms with Crippen LogP contribution in [0, 0.1) is 5.92 Å². The summed E-state index contributed by atoms with van der Waals surface area (Å²) < 4.78 is 2.35. The van der Waals surface area contributed by atoms with E-state index in [0.717, 1.165) is 27.9 Å². The molecular formula is C42H31N. The highest BCUT2D eigenvalue weighted by atomic mass is 15.0. The van der Waals surface area contributed by atoms with E-state index in [-0.39, 0.29) is 5.92 Å². The minimum atomic E-state index is 0.0857. The molecular weight excluding hydrogens is 518 g/mol. The van der Waals surface area contributed by atoms with Crippen LogP contribution in [0.4, 0.5) is 0 Å². The standard InChI is InChI=1S/C42H31N/c1-3-13-33-26-30(4-2)27-39(36-15-8-5-7-14-34(33)28-36)32-22-20-31(21-23-32)35-24-25-42-40(29-35)38-18-11-12-19-41(38)43(42)37-16-9-6-10-17-37/h3-7,9-27,29-30H,2H2,1H3/b13-3-,14-7-,33-26?,39-27-. The van der Waals surface area contributed by atoms with Gasteiger partial charge in [-0.2, -0.15) is 0 Å². The van der Waals surface area contributed by atoms with Crippen molar-refractivity contribution in [3.8, 4) is 16.8 Å². The monoisotopic (exact) mass is 549 g/mol. The van der Waals surface area contributed by atoms with Gasteiger partial charge in [-0.25, -0.2) is 0 Å². The molecule has 1 heterocycles. The second-order valence-corrected chi connectivity index (χ2v) is 10.8. The molecule has 1 atom stereocenters. The smallest absolute Gasteiger partial charge is 0.0541 e. The van der Waals surface area contributed by atoms with Crippen LogP contribution in [0.1, 0.15) is 12.5 Å². The van der Waals surface area contributed by atoms with Crippen LogP contribution in [0.15, 0.2) is 187 Å². The third-order valence-corrected chi connectivity index (χ3v) is 8.12. The van der Waals surface area contributed by atoms with Crippen molar-refractivity contribution >= 4 is 27.4 Å². The molecule has 0 fully saturated rings. The number of para-hydroxylation sites is 2. The highest BCUT2D eigenvalue weighted by Crippen LogP contribution is 2.36. The molecule has 0 saturated heterocycles. The number of allylic oxidation sites excluding steroid dienone is 11. The Morgan fingerprint density at radius 3 is 2.30 bits per heavy atom. The molecule has 7 rings (SSSR count). The van der Waals surface area contributed by atoms with Crippen molar-refractivity contribution in [2.24, 2.45) is 5.92 Å². The Kier molecular flexibility index (Phi) is 6.96. The normalized spacial score (nSPS) is 18.2. The highest BCUT2D eigenvalue weighted by Gasteiger charge is 2.15. The summed E-state index contributed by atoms with van der Waals surface area (Å²) >= 11 is 0. The van der Waals surface area contributed by atoms with Crippen molar-refractivity contribution in [1.29, 1.82) is 0 Å². The number of benzene rings is 4. The number of hydrogen-bond donors (Lipinski definition) is 0. The van der Waals surface area contributed by atoms with Gasteiger partial charge in [0.1, 0.15) is 0 Å². The number of nitrogens with zero attached hydrogens (tertiary/aromatic N) is 1. The van der Waals surface area contributed by atoms with E-state index in [0.29, 0.717) is 0 Å². The van der Waals surface area contributed by atoms with Gasteiger partial charge in [0.25, 0.3) is 0 Å². The molecule has 5 aromatic rings. The molecule has 0 spiro atoms. The van der Waals surface area contributed by atoms with Crippen LogP contribution in [0.2, 0.25) is 0 Å². The zero-order valence-electron chi connectivity index (χ0n) is 24.2. The fraction of sp³-hybridized carbons (Fsp3) is 0.0476. The lowest BCUT2D eigenvalue weighted by molar-refractivity contribution is 1.06. The third-order valence-electron chi connectivity index (χ3n) is 8.12. The van der Waals surface area contributed by atoms with E-state index in [9.17, 15) is 0 Å². The molecule has 0 N–H and O–H groups in total. The van der Waals surface area contributed by atoms with Crippen LogP contribution in [-0.4, -0.2) is 4.57 Å². The Labute approximate surface area is 253 Å². The Hall–Kier alpha value is -5.58. The Morgan fingerprint density at radius 1 is 0.744 bits per heavy atom. The second kappa shape index (κ2) is 11.4. The van der Waals surface area contributed by atoms with Crippen LogP contribution < -0.4 is 0 Å². The fourth-order valence-corrected chi connectivity index (χ4v) is 6.06. The van der Waals surface area contributed by atoms with E-state index < -0.39 is 0 Å². The lowest BCUT2D eigenvalue weighted by atomic mass is 9.87. The summed E-state index contributed by atoms with van der Waals surface area (Å²) in [5.74, 6) is 0.0857. The summed E-state index contributed by atoms with van der Waals surface area (Å²) in [5.41, 5.74) is 18.4. The second-order valence-electron chi connectivity index (χ2n) is 10.8. The van der Waals surface area contributed by atoms with Gasteiger partial charge in [0, 0.05) is 33.5 Å². The molecule has 2 bridgehead atoms. The summed E-state index contributed by atoms with van der Waals surface area (Å²) in [4.78, 5) is 0. The van der Waals surface area contributed by atoms with Crippen molar-refractivity contribution in [1.82, 2.24) is 4.57 Å². The zero-order chi connectivity index (χ0) is 29.2. The largest absolute Gasteiger partial charge is 0.309 e. The average Bonchev–Trinajstić information content (AvgIpc) is 3.36. The number of hydrogen-bond acceptors (Lipinski definition) is 0. The summed E-state index contributed by atoms with van der Waals surface area (Å²) in [6, 6.07) is 35.0. The third kappa shape index (κ3) is 4.94. The van der Waals surface area contributed by atoms with Crippen molar-refractivity contribution in [2.45, 2.75) is 6.92 Å². The average molecular weight is 550 g/mol. The lowest BCUT2D eigenvalue weighted by Crippen LogP contribution is -1.99. The van der Waals surface area contributed by atoms with E-state index >= 15 is 0 Å². The first kappa shape index (κ1) is 26.3. The van der Waals surface area contributed by atoms with Crippen LogP contribution in [0.3, 0.4) is 0 Å². The molecule has 0 aliphatic heterocycles. The van der Waals surface area contributed by atoms with E-state index in [1.165, 1.54) is 38.6 Å². The molecule has 1 nitrogen and oxygen atoms in total. The first-order chi connectivity index (χ1) is 21.2. The SMILES string of the molecule is C=CC1C=C(/C=C\C)C2=C=C(C=C=C/C=C\2)/C(c2ccc(-c3ccc4c(c3)c3ccccc3n4-c3ccccc3)cc2)=C\1. The minimum Gasteiger partial charge on any atom is -0.309 e. The molecule has 2 aliphatic carbocycles.